The van der Waals surface area contributed by atoms with Crippen LogP contribution in [0, 0.1) is 12.7 Å². The number of carbonyl (C=O) groups excluding carboxylic acids is 4. The van der Waals surface area contributed by atoms with Gasteiger partial charge in [-0.25, -0.2) is 14.4 Å². The second kappa shape index (κ2) is 9.12. The van der Waals surface area contributed by atoms with Gasteiger partial charge in [-0.2, -0.15) is 0 Å². The molecule has 12 heteroatoms. The first-order valence-electron chi connectivity index (χ1n) is 12.4. The summed E-state index contributed by atoms with van der Waals surface area (Å²) in [5.74, 6) is -1.52. The first kappa shape index (κ1) is 23.9. The average molecular weight is 518 g/mol. The molecule has 1 unspecified atom stereocenters. The number of piperidine rings is 2. The van der Waals surface area contributed by atoms with Crippen molar-refractivity contribution in [3.05, 3.63) is 65.4 Å². The number of hydrogen-bond acceptors (Lipinski definition) is 8. The largest absolute Gasteiger partial charge is 0.369 e. The summed E-state index contributed by atoms with van der Waals surface area (Å²) in [6.45, 7) is 2.92. The number of anilines is 1. The van der Waals surface area contributed by atoms with Crippen LogP contribution in [0.25, 0.3) is 5.82 Å². The molecule has 0 bridgehead atoms. The smallest absolute Gasteiger partial charge is 0.262 e. The van der Waals surface area contributed by atoms with E-state index in [0.29, 0.717) is 25.9 Å². The lowest BCUT2D eigenvalue weighted by Gasteiger charge is -2.34. The fourth-order valence-electron chi connectivity index (χ4n) is 5.53. The third-order valence-electron chi connectivity index (χ3n) is 7.49. The van der Waals surface area contributed by atoms with Crippen LogP contribution >= 0.6 is 0 Å². The monoisotopic (exact) mass is 517 g/mol. The van der Waals surface area contributed by atoms with Crippen LogP contribution in [0.3, 0.4) is 0 Å². The summed E-state index contributed by atoms with van der Waals surface area (Å²) in [5.41, 5.74) is 1.07. The zero-order valence-electron chi connectivity index (χ0n) is 20.6. The summed E-state index contributed by atoms with van der Waals surface area (Å²) < 4.78 is 17.2. The van der Waals surface area contributed by atoms with Crippen molar-refractivity contribution in [2.75, 3.05) is 18.0 Å². The number of benzene rings is 1. The minimum Gasteiger partial charge on any atom is -0.369 e. The normalized spacial score (nSPS) is 20.2. The maximum absolute atomic E-state index is 15.3. The van der Waals surface area contributed by atoms with Crippen LogP contribution in [-0.2, 0) is 9.59 Å². The van der Waals surface area contributed by atoms with Crippen LogP contribution in [0.4, 0.5) is 10.1 Å². The molecule has 2 aromatic heterocycles. The van der Waals surface area contributed by atoms with Gasteiger partial charge in [0.1, 0.15) is 17.7 Å². The quantitative estimate of drug-likeness (QED) is 0.520. The van der Waals surface area contributed by atoms with Crippen molar-refractivity contribution in [3.8, 4) is 5.82 Å². The van der Waals surface area contributed by atoms with E-state index in [-0.39, 0.29) is 35.6 Å². The number of fused-ring (bicyclic) bond motifs is 1. The Bertz CT molecular complexity index is 1490. The van der Waals surface area contributed by atoms with E-state index in [4.69, 9.17) is 0 Å². The SMILES string of the molecule is Cc1nccn1-c1nccnc1C1CCN(c2cc3c(cc2F)C(=O)N(C2CCC(=O)NC2=O)C3=O)CC1. The minimum atomic E-state index is -1.09. The topological polar surface area (TPSA) is 130 Å². The number of halogens is 1. The van der Waals surface area contributed by atoms with Gasteiger partial charge in [0, 0.05) is 50.2 Å². The molecule has 11 nitrogen and oxygen atoms in total. The van der Waals surface area contributed by atoms with Crippen LogP contribution in [0.5, 0.6) is 0 Å². The van der Waals surface area contributed by atoms with Crippen LogP contribution in [0.2, 0.25) is 0 Å². The van der Waals surface area contributed by atoms with E-state index in [2.05, 4.69) is 20.3 Å². The average Bonchev–Trinajstić information content (AvgIpc) is 3.44. The number of amides is 4. The van der Waals surface area contributed by atoms with Gasteiger partial charge >= 0.3 is 0 Å². The summed E-state index contributed by atoms with van der Waals surface area (Å²) in [6.07, 6.45) is 8.29. The molecule has 5 heterocycles. The van der Waals surface area contributed by atoms with E-state index in [1.54, 1.807) is 18.6 Å². The van der Waals surface area contributed by atoms with Crippen LogP contribution < -0.4 is 10.2 Å². The molecule has 2 fully saturated rings. The third-order valence-corrected chi connectivity index (χ3v) is 7.49. The maximum Gasteiger partial charge on any atom is 0.262 e. The van der Waals surface area contributed by atoms with Gasteiger partial charge in [0.05, 0.1) is 22.5 Å². The molecule has 6 rings (SSSR count). The Morgan fingerprint density at radius 3 is 2.32 bits per heavy atom. The fraction of sp³-hybridized carbons (Fsp3) is 0.346. The summed E-state index contributed by atoms with van der Waals surface area (Å²) in [6, 6.07) is 1.38. The van der Waals surface area contributed by atoms with Gasteiger partial charge in [-0.3, -0.25) is 38.9 Å². The number of aromatic nitrogens is 4. The molecule has 194 valence electrons. The predicted octanol–water partition coefficient (Wildman–Crippen LogP) is 1.90. The van der Waals surface area contributed by atoms with Gasteiger partial charge in [-0.1, -0.05) is 0 Å². The molecular weight excluding hydrogens is 493 g/mol. The number of aryl methyl sites for hydroxylation is 1. The second-order valence-electron chi connectivity index (χ2n) is 9.67. The highest BCUT2D eigenvalue weighted by molar-refractivity contribution is 6.23. The molecule has 0 radical (unpaired) electrons. The first-order valence-corrected chi connectivity index (χ1v) is 12.4. The van der Waals surface area contributed by atoms with E-state index >= 15 is 4.39 Å². The second-order valence-corrected chi connectivity index (χ2v) is 9.67. The summed E-state index contributed by atoms with van der Waals surface area (Å²) in [5, 5.41) is 2.16. The fourth-order valence-corrected chi connectivity index (χ4v) is 5.53. The van der Waals surface area contributed by atoms with E-state index in [1.807, 2.05) is 22.6 Å². The van der Waals surface area contributed by atoms with Gasteiger partial charge in [0.15, 0.2) is 5.82 Å². The molecule has 1 aromatic carbocycles. The Morgan fingerprint density at radius 1 is 0.921 bits per heavy atom. The molecule has 3 aliphatic rings. The Labute approximate surface area is 216 Å². The number of carbonyl (C=O) groups is 4. The van der Waals surface area contributed by atoms with Crippen molar-refractivity contribution in [2.24, 2.45) is 0 Å². The van der Waals surface area contributed by atoms with E-state index in [1.165, 1.54) is 6.07 Å². The lowest BCUT2D eigenvalue weighted by molar-refractivity contribution is -0.136. The summed E-state index contributed by atoms with van der Waals surface area (Å²) >= 11 is 0. The Hall–Kier alpha value is -4.48. The van der Waals surface area contributed by atoms with Gasteiger partial charge in [-0.05, 0) is 38.3 Å². The number of hydrogen-bond donors (Lipinski definition) is 1. The van der Waals surface area contributed by atoms with Gasteiger partial charge < -0.3 is 4.90 Å². The Balaban J connectivity index is 1.22. The van der Waals surface area contributed by atoms with Crippen molar-refractivity contribution < 1.29 is 23.6 Å². The van der Waals surface area contributed by atoms with E-state index < -0.39 is 35.5 Å². The highest BCUT2D eigenvalue weighted by Crippen LogP contribution is 2.36. The highest BCUT2D eigenvalue weighted by atomic mass is 19.1. The van der Waals surface area contributed by atoms with Gasteiger partial charge in [0.25, 0.3) is 11.8 Å². The molecule has 0 aliphatic carbocycles. The van der Waals surface area contributed by atoms with Crippen molar-refractivity contribution >= 4 is 29.3 Å². The van der Waals surface area contributed by atoms with Crippen molar-refractivity contribution in [3.63, 3.8) is 0 Å². The predicted molar refractivity (Wildman–Crippen MR) is 131 cm³/mol. The van der Waals surface area contributed by atoms with Crippen molar-refractivity contribution in [1.82, 2.24) is 29.7 Å². The number of nitrogens with one attached hydrogen (secondary N) is 1. The molecule has 3 aliphatic heterocycles. The molecule has 2 saturated heterocycles. The molecule has 3 aromatic rings. The summed E-state index contributed by atoms with van der Waals surface area (Å²) in [4.78, 5) is 66.0. The van der Waals surface area contributed by atoms with Crippen LogP contribution in [0.1, 0.15) is 63.8 Å². The zero-order chi connectivity index (χ0) is 26.6. The highest BCUT2D eigenvalue weighted by Gasteiger charge is 2.45. The number of nitrogens with zero attached hydrogens (tertiary/aromatic N) is 6. The molecule has 0 spiro atoms. The molecule has 38 heavy (non-hydrogen) atoms. The van der Waals surface area contributed by atoms with Gasteiger partial charge in [0.2, 0.25) is 11.8 Å². The molecule has 0 saturated carbocycles. The van der Waals surface area contributed by atoms with E-state index in [9.17, 15) is 19.2 Å². The molecular formula is C26H24FN7O4. The third kappa shape index (κ3) is 3.83. The van der Waals surface area contributed by atoms with Crippen molar-refractivity contribution in [2.45, 2.75) is 44.6 Å². The minimum absolute atomic E-state index is 0.0201. The molecule has 1 N–H and O–H groups in total. The lowest BCUT2D eigenvalue weighted by Crippen LogP contribution is -2.54. The first-order chi connectivity index (χ1) is 18.3. The number of imide groups is 2. The zero-order valence-corrected chi connectivity index (χ0v) is 20.6. The number of rotatable bonds is 4. The maximum atomic E-state index is 15.3. The Morgan fingerprint density at radius 2 is 1.63 bits per heavy atom. The van der Waals surface area contributed by atoms with Crippen molar-refractivity contribution in [1.29, 1.82) is 0 Å². The van der Waals surface area contributed by atoms with E-state index in [0.717, 1.165) is 28.3 Å². The standard InChI is InChI=1S/C26H24FN7O4/c1-14-28-8-11-33(14)23-22(29-6-7-30-23)15-4-9-32(10-5-15)20-13-17-16(12-18(20)27)25(37)34(26(17)38)19-2-3-21(35)31-24(19)36/h6-8,11-13,15,19H,2-5,9-10H2,1H3,(H,31,35,36). The van der Waals surface area contributed by atoms with Gasteiger partial charge in [-0.15, -0.1) is 0 Å². The Kier molecular flexibility index (Phi) is 5.73. The summed E-state index contributed by atoms with van der Waals surface area (Å²) in [7, 11) is 0. The lowest BCUT2D eigenvalue weighted by atomic mass is 9.92. The number of imidazole rings is 1. The molecule has 1 atom stereocenters. The van der Waals surface area contributed by atoms with Crippen LogP contribution in [0.15, 0.2) is 36.9 Å². The molecule has 4 amide bonds. The van der Waals surface area contributed by atoms with Crippen LogP contribution in [-0.4, -0.2) is 67.2 Å².